The van der Waals surface area contributed by atoms with Crippen LogP contribution in [0.5, 0.6) is 0 Å². The predicted molar refractivity (Wildman–Crippen MR) is 196 cm³/mol. The third-order valence-corrected chi connectivity index (χ3v) is 13.7. The molecule has 0 spiro atoms. The molecule has 1 heterocycles. The molecule has 8 heteroatoms. The SMILES string of the molecule is CC(CCNC(=O)c1nn(Cc2ccc(Cl)cc2Cl)c2ccccc12)CC[P+](c1ccccc1)(c1ccccc1)c1ccccc1.[Br-]. The van der Waals surface area contributed by atoms with Gasteiger partial charge in [-0.2, -0.15) is 5.10 Å². The first-order valence-corrected chi connectivity index (χ1v) is 18.4. The van der Waals surface area contributed by atoms with E-state index in [2.05, 4.69) is 103 Å². The highest BCUT2D eigenvalue weighted by Crippen LogP contribution is 2.56. The van der Waals surface area contributed by atoms with Gasteiger partial charge in [0.05, 0.1) is 18.2 Å². The van der Waals surface area contributed by atoms with Crippen LogP contribution in [0, 0.1) is 5.92 Å². The fourth-order valence-corrected chi connectivity index (χ4v) is 11.2. The van der Waals surface area contributed by atoms with Crippen molar-refractivity contribution in [3.63, 3.8) is 0 Å². The largest absolute Gasteiger partial charge is 1.00 e. The van der Waals surface area contributed by atoms with Crippen molar-refractivity contribution in [3.05, 3.63) is 155 Å². The van der Waals surface area contributed by atoms with Crippen LogP contribution in [0.2, 0.25) is 10.0 Å². The van der Waals surface area contributed by atoms with E-state index in [9.17, 15) is 4.79 Å². The van der Waals surface area contributed by atoms with Gasteiger partial charge in [0.1, 0.15) is 23.2 Å². The molecule has 4 nitrogen and oxygen atoms in total. The summed E-state index contributed by atoms with van der Waals surface area (Å²) in [5, 5.41) is 14.1. The van der Waals surface area contributed by atoms with E-state index in [4.69, 9.17) is 28.3 Å². The summed E-state index contributed by atoms with van der Waals surface area (Å²) in [5.41, 5.74) is 2.20. The average Bonchev–Trinajstić information content (AvgIpc) is 3.46. The van der Waals surface area contributed by atoms with E-state index in [1.165, 1.54) is 15.9 Å². The van der Waals surface area contributed by atoms with E-state index >= 15 is 0 Å². The van der Waals surface area contributed by atoms with E-state index in [1.54, 1.807) is 6.07 Å². The first-order valence-electron chi connectivity index (χ1n) is 15.7. The lowest BCUT2D eigenvalue weighted by Crippen LogP contribution is -3.00. The topological polar surface area (TPSA) is 46.9 Å². The number of aromatic nitrogens is 2. The van der Waals surface area contributed by atoms with Gasteiger partial charge in [-0.1, -0.05) is 109 Å². The number of hydrogen-bond acceptors (Lipinski definition) is 2. The molecule has 1 amide bonds. The molecule has 0 aliphatic heterocycles. The molecule has 0 fully saturated rings. The Morgan fingerprint density at radius 2 is 1.32 bits per heavy atom. The molecule has 0 aliphatic carbocycles. The van der Waals surface area contributed by atoms with E-state index in [0.29, 0.717) is 34.7 Å². The molecule has 1 atom stereocenters. The standard InChI is InChI=1S/C39H36Cl2N3OP.BrH/c1-29(24-26-46(32-13-5-2-6-14-32,33-15-7-3-8-16-33)34-17-9-4-10-18-34)23-25-42-39(45)38-35-19-11-12-20-37(35)44(43-38)28-30-21-22-31(40)27-36(30)41;/h2-22,27,29H,23-26,28H2,1H3;1H. The van der Waals surface area contributed by atoms with Gasteiger partial charge in [0.15, 0.2) is 5.69 Å². The second kappa shape index (κ2) is 16.1. The lowest BCUT2D eigenvalue weighted by molar-refractivity contribution is -0.0000173. The molecular formula is C39H37BrCl2N3OP. The zero-order chi connectivity index (χ0) is 31.9. The van der Waals surface area contributed by atoms with Gasteiger partial charge in [-0.15, -0.1) is 0 Å². The Hall–Kier alpha value is -3.47. The first kappa shape index (κ1) is 34.9. The third kappa shape index (κ3) is 7.82. The van der Waals surface area contributed by atoms with E-state index < -0.39 is 7.26 Å². The molecule has 1 unspecified atom stereocenters. The van der Waals surface area contributed by atoms with E-state index in [1.807, 2.05) is 41.1 Å². The Balaban J connectivity index is 0.00000433. The molecule has 0 aliphatic rings. The maximum absolute atomic E-state index is 13.5. The number of rotatable bonds is 12. The van der Waals surface area contributed by atoms with Crippen molar-refractivity contribution in [2.75, 3.05) is 12.7 Å². The summed E-state index contributed by atoms with van der Waals surface area (Å²) in [5.74, 6) is 0.251. The lowest BCUT2D eigenvalue weighted by Gasteiger charge is -2.28. The van der Waals surface area contributed by atoms with Crippen molar-refractivity contribution in [1.29, 1.82) is 0 Å². The molecule has 0 saturated heterocycles. The van der Waals surface area contributed by atoms with Crippen molar-refractivity contribution in [2.45, 2.75) is 26.3 Å². The number of fused-ring (bicyclic) bond motifs is 1. The number of halogens is 3. The molecular weight excluding hydrogens is 708 g/mol. The van der Waals surface area contributed by atoms with E-state index in [0.717, 1.165) is 35.5 Å². The van der Waals surface area contributed by atoms with E-state index in [-0.39, 0.29) is 22.9 Å². The minimum Gasteiger partial charge on any atom is -1.00 e. The Morgan fingerprint density at radius 1 is 0.766 bits per heavy atom. The van der Waals surface area contributed by atoms with Gasteiger partial charge in [0.2, 0.25) is 0 Å². The molecule has 47 heavy (non-hydrogen) atoms. The Labute approximate surface area is 298 Å². The molecule has 240 valence electrons. The van der Waals surface area contributed by atoms with Crippen LogP contribution in [-0.4, -0.2) is 28.4 Å². The van der Waals surface area contributed by atoms with Crippen molar-refractivity contribution in [2.24, 2.45) is 5.92 Å². The van der Waals surface area contributed by atoms with Crippen LogP contribution in [0.3, 0.4) is 0 Å². The maximum Gasteiger partial charge on any atom is 0.272 e. The number of nitrogens with zero attached hydrogens (tertiary/aromatic N) is 2. The molecule has 5 aromatic carbocycles. The zero-order valence-corrected chi connectivity index (χ0v) is 30.2. The Morgan fingerprint density at radius 3 is 1.89 bits per heavy atom. The average molecular weight is 746 g/mol. The number of carbonyl (C=O) groups excluding carboxylic acids is 1. The Kier molecular flexibility index (Phi) is 11.9. The van der Waals surface area contributed by atoms with Gasteiger partial charge in [-0.05, 0) is 78.9 Å². The van der Waals surface area contributed by atoms with Gasteiger partial charge >= 0.3 is 0 Å². The van der Waals surface area contributed by atoms with Gasteiger partial charge < -0.3 is 22.3 Å². The summed E-state index contributed by atoms with van der Waals surface area (Å²) < 4.78 is 1.84. The van der Waals surface area contributed by atoms with Crippen LogP contribution in [-0.2, 0) is 6.54 Å². The highest BCUT2D eigenvalue weighted by Gasteiger charge is 2.44. The summed E-state index contributed by atoms with van der Waals surface area (Å²) >= 11 is 12.6. The summed E-state index contributed by atoms with van der Waals surface area (Å²) in [6.45, 7) is 3.31. The van der Waals surface area contributed by atoms with Gasteiger partial charge in [0.25, 0.3) is 5.91 Å². The van der Waals surface area contributed by atoms with Crippen molar-refractivity contribution in [1.82, 2.24) is 15.1 Å². The number of amides is 1. The van der Waals surface area contributed by atoms with Gasteiger partial charge in [-0.25, -0.2) is 0 Å². The quantitative estimate of drug-likeness (QED) is 0.168. The zero-order valence-electron chi connectivity index (χ0n) is 26.2. The highest BCUT2D eigenvalue weighted by atomic mass is 79.9. The Bertz CT molecular complexity index is 1820. The normalized spacial score (nSPS) is 12.0. The maximum atomic E-state index is 13.5. The molecule has 6 rings (SSSR count). The van der Waals surface area contributed by atoms with Crippen LogP contribution >= 0.6 is 30.5 Å². The van der Waals surface area contributed by atoms with Crippen LogP contribution in [0.1, 0.15) is 35.8 Å². The van der Waals surface area contributed by atoms with Crippen molar-refractivity contribution in [3.8, 4) is 0 Å². The summed E-state index contributed by atoms with van der Waals surface area (Å²) in [6.07, 6.45) is 2.98. The highest BCUT2D eigenvalue weighted by molar-refractivity contribution is 7.95. The van der Waals surface area contributed by atoms with Crippen molar-refractivity contribution >= 4 is 63.2 Å². The van der Waals surface area contributed by atoms with Crippen LogP contribution in [0.4, 0.5) is 0 Å². The minimum absolute atomic E-state index is 0. The molecule has 1 N–H and O–H groups in total. The molecule has 0 radical (unpaired) electrons. The number of nitrogens with one attached hydrogen (secondary N) is 1. The smallest absolute Gasteiger partial charge is 0.272 e. The van der Waals surface area contributed by atoms with Crippen LogP contribution in [0.15, 0.2) is 133 Å². The summed E-state index contributed by atoms with van der Waals surface area (Å²) in [4.78, 5) is 13.5. The molecule has 1 aromatic heterocycles. The lowest BCUT2D eigenvalue weighted by atomic mass is 10.1. The molecule has 0 saturated carbocycles. The van der Waals surface area contributed by atoms with Gasteiger partial charge in [0, 0.05) is 22.0 Å². The fourth-order valence-electron chi connectivity index (χ4n) is 6.18. The summed E-state index contributed by atoms with van der Waals surface area (Å²) in [7, 11) is -1.88. The first-order chi connectivity index (χ1) is 22.5. The monoisotopic (exact) mass is 743 g/mol. The van der Waals surface area contributed by atoms with Crippen LogP contribution in [0.25, 0.3) is 10.9 Å². The number of benzene rings is 5. The molecule has 6 aromatic rings. The summed E-state index contributed by atoms with van der Waals surface area (Å²) in [6, 6.07) is 46.2. The van der Waals surface area contributed by atoms with Crippen molar-refractivity contribution < 1.29 is 21.8 Å². The fraction of sp³-hybridized carbons (Fsp3) is 0.179. The number of hydrogen-bond donors (Lipinski definition) is 1. The van der Waals surface area contributed by atoms with Crippen LogP contribution < -0.4 is 38.2 Å². The molecule has 0 bridgehead atoms. The number of carbonyl (C=O) groups is 1. The number of para-hydroxylation sites is 1. The predicted octanol–water partition coefficient (Wildman–Crippen LogP) is 5.54. The van der Waals surface area contributed by atoms with Gasteiger partial charge in [-0.3, -0.25) is 9.48 Å². The second-order valence-corrected chi connectivity index (χ2v) is 16.2. The second-order valence-electron chi connectivity index (χ2n) is 11.7. The minimum atomic E-state index is -1.88. The third-order valence-electron chi connectivity index (χ3n) is 8.68.